The average Bonchev–Trinajstić information content (AvgIpc) is 3.03. The summed E-state index contributed by atoms with van der Waals surface area (Å²) in [4.78, 5) is 38.3. The highest BCUT2D eigenvalue weighted by molar-refractivity contribution is 6.46. The molecular weight excluding hydrogens is 432 g/mol. The molecule has 1 N–H and O–H groups in total. The van der Waals surface area contributed by atoms with Crippen LogP contribution in [0.4, 0.5) is 0 Å². The number of Topliss-reactive ketones (excluding diaryl/α,β-unsaturated/α-hetero) is 1. The molecule has 0 bridgehead atoms. The summed E-state index contributed by atoms with van der Waals surface area (Å²) in [6, 6.07) is 6.23. The van der Waals surface area contributed by atoms with Gasteiger partial charge in [-0.1, -0.05) is 23.7 Å². The number of aliphatic hydroxyl groups is 1. The summed E-state index contributed by atoms with van der Waals surface area (Å²) >= 11 is 6.06. The summed E-state index contributed by atoms with van der Waals surface area (Å²) in [5.74, 6) is -1.07. The van der Waals surface area contributed by atoms with Crippen molar-refractivity contribution in [2.45, 2.75) is 19.9 Å². The minimum absolute atomic E-state index is 0.0369. The highest BCUT2D eigenvalue weighted by atomic mass is 35.5. The second kappa shape index (κ2) is 9.36. The lowest BCUT2D eigenvalue weighted by Gasteiger charge is -2.31. The van der Waals surface area contributed by atoms with Crippen LogP contribution in [0.3, 0.4) is 0 Å². The number of hydrogen-bond donors (Lipinski definition) is 1. The van der Waals surface area contributed by atoms with Gasteiger partial charge in [0, 0.05) is 37.4 Å². The quantitative estimate of drug-likeness (QED) is 0.419. The van der Waals surface area contributed by atoms with Gasteiger partial charge in [-0.2, -0.15) is 0 Å². The van der Waals surface area contributed by atoms with Crippen LogP contribution in [0.15, 0.2) is 36.0 Å². The third-order valence-electron chi connectivity index (χ3n) is 5.84. The molecule has 2 fully saturated rings. The predicted octanol–water partition coefficient (Wildman–Crippen LogP) is 2.50. The Morgan fingerprint density at radius 3 is 2.50 bits per heavy atom. The van der Waals surface area contributed by atoms with E-state index in [1.54, 1.807) is 38.1 Å². The zero-order valence-electron chi connectivity index (χ0n) is 18.0. The third kappa shape index (κ3) is 4.39. The van der Waals surface area contributed by atoms with E-state index in [-0.39, 0.29) is 11.3 Å². The number of rotatable bonds is 5. The van der Waals surface area contributed by atoms with Crippen LogP contribution in [0.25, 0.3) is 5.76 Å². The maximum absolute atomic E-state index is 13.1. The number of amides is 1. The van der Waals surface area contributed by atoms with Crippen LogP contribution in [0.5, 0.6) is 0 Å². The lowest BCUT2D eigenvalue weighted by atomic mass is 9.95. The molecule has 0 unspecified atom stereocenters. The van der Waals surface area contributed by atoms with Crippen molar-refractivity contribution in [3.8, 4) is 0 Å². The van der Waals surface area contributed by atoms with E-state index >= 15 is 0 Å². The van der Waals surface area contributed by atoms with Gasteiger partial charge in [0.15, 0.2) is 0 Å². The van der Waals surface area contributed by atoms with Gasteiger partial charge < -0.3 is 14.7 Å². The van der Waals surface area contributed by atoms with E-state index in [1.165, 1.54) is 11.1 Å². The molecule has 168 valence electrons. The van der Waals surface area contributed by atoms with Gasteiger partial charge in [0.2, 0.25) is 0 Å². The number of aryl methyl sites for hydroxylation is 2. The van der Waals surface area contributed by atoms with Gasteiger partial charge in [0.05, 0.1) is 36.1 Å². The number of hydrogen-bond acceptors (Lipinski definition) is 7. The van der Waals surface area contributed by atoms with E-state index in [4.69, 9.17) is 16.3 Å². The highest BCUT2D eigenvalue weighted by Crippen LogP contribution is 2.39. The monoisotopic (exact) mass is 456 g/mol. The van der Waals surface area contributed by atoms with E-state index < -0.39 is 17.7 Å². The lowest BCUT2D eigenvalue weighted by Crippen LogP contribution is -2.42. The molecule has 2 aromatic rings. The summed E-state index contributed by atoms with van der Waals surface area (Å²) in [5, 5.41) is 11.7. The van der Waals surface area contributed by atoms with Gasteiger partial charge in [-0.15, -0.1) is 0 Å². The Bertz CT molecular complexity index is 1060. The van der Waals surface area contributed by atoms with Gasteiger partial charge in [-0.25, -0.2) is 9.97 Å². The van der Waals surface area contributed by atoms with E-state index in [0.29, 0.717) is 54.0 Å². The number of aromatic nitrogens is 2. The zero-order valence-corrected chi connectivity index (χ0v) is 18.8. The van der Waals surface area contributed by atoms with Crippen LogP contribution in [-0.2, 0) is 14.3 Å². The number of aliphatic hydroxyl groups excluding tert-OH is 1. The van der Waals surface area contributed by atoms with Crippen LogP contribution in [0.1, 0.15) is 28.7 Å². The van der Waals surface area contributed by atoms with Crippen molar-refractivity contribution < 1.29 is 19.4 Å². The standard InChI is InChI=1S/C23H25ClN4O4/c1-14-18(13-25-15(2)26-14)21(29)19-20(16-3-5-17(24)6-4-16)28(23(31)22(19)30)8-7-27-9-11-32-12-10-27/h3-6,13,20,29H,7-12H2,1-2H3/t20-/m0/s1. The molecule has 1 aromatic heterocycles. The molecule has 9 heteroatoms. The van der Waals surface area contributed by atoms with Crippen molar-refractivity contribution in [3.63, 3.8) is 0 Å². The molecule has 0 aliphatic carbocycles. The van der Waals surface area contributed by atoms with Crippen molar-refractivity contribution in [2.75, 3.05) is 39.4 Å². The Labute approximate surface area is 191 Å². The molecule has 0 spiro atoms. The molecule has 2 saturated heterocycles. The van der Waals surface area contributed by atoms with Crippen molar-refractivity contribution in [2.24, 2.45) is 0 Å². The van der Waals surface area contributed by atoms with Crippen molar-refractivity contribution in [3.05, 3.63) is 63.7 Å². The number of ketones is 1. The molecular formula is C23H25ClN4O4. The molecule has 2 aliphatic rings. The van der Waals surface area contributed by atoms with Gasteiger partial charge >= 0.3 is 0 Å². The first-order valence-electron chi connectivity index (χ1n) is 10.5. The van der Waals surface area contributed by atoms with Gasteiger partial charge in [-0.05, 0) is 31.5 Å². The molecule has 1 amide bonds. The van der Waals surface area contributed by atoms with E-state index in [1.807, 2.05) is 0 Å². The molecule has 2 aliphatic heterocycles. The number of nitrogens with zero attached hydrogens (tertiary/aromatic N) is 4. The van der Waals surface area contributed by atoms with Crippen LogP contribution in [0, 0.1) is 13.8 Å². The average molecular weight is 457 g/mol. The number of halogens is 1. The van der Waals surface area contributed by atoms with Crippen molar-refractivity contribution in [1.29, 1.82) is 0 Å². The topological polar surface area (TPSA) is 95.9 Å². The molecule has 4 rings (SSSR count). The fourth-order valence-corrected chi connectivity index (χ4v) is 4.26. The van der Waals surface area contributed by atoms with Gasteiger partial charge in [0.25, 0.3) is 11.7 Å². The lowest BCUT2D eigenvalue weighted by molar-refractivity contribution is -0.140. The third-order valence-corrected chi connectivity index (χ3v) is 6.09. The first-order chi connectivity index (χ1) is 15.4. The van der Waals surface area contributed by atoms with Gasteiger partial charge in [-0.3, -0.25) is 14.5 Å². The van der Waals surface area contributed by atoms with Gasteiger partial charge in [0.1, 0.15) is 11.6 Å². The number of carbonyl (C=O) groups excluding carboxylic acids is 2. The Morgan fingerprint density at radius 2 is 1.84 bits per heavy atom. The SMILES string of the molecule is Cc1ncc(C(O)=C2C(=O)C(=O)N(CCN3CCOCC3)[C@H]2c2ccc(Cl)cc2)c(C)n1. The molecule has 1 aromatic carbocycles. The second-order valence-electron chi connectivity index (χ2n) is 7.91. The Morgan fingerprint density at radius 1 is 1.16 bits per heavy atom. The predicted molar refractivity (Wildman–Crippen MR) is 119 cm³/mol. The summed E-state index contributed by atoms with van der Waals surface area (Å²) in [6.45, 7) is 7.26. The maximum atomic E-state index is 13.1. The molecule has 0 saturated carbocycles. The Balaban J connectivity index is 1.75. The maximum Gasteiger partial charge on any atom is 0.295 e. The summed E-state index contributed by atoms with van der Waals surface area (Å²) in [5.41, 5.74) is 1.60. The molecule has 3 heterocycles. The van der Waals surface area contributed by atoms with E-state index in [9.17, 15) is 14.7 Å². The summed E-state index contributed by atoms with van der Waals surface area (Å²) < 4.78 is 5.39. The smallest absolute Gasteiger partial charge is 0.295 e. The fraction of sp³-hybridized carbons (Fsp3) is 0.391. The van der Waals surface area contributed by atoms with Crippen molar-refractivity contribution in [1.82, 2.24) is 19.8 Å². The molecule has 0 radical (unpaired) electrons. The van der Waals surface area contributed by atoms with Crippen LogP contribution in [-0.4, -0.2) is 76.0 Å². The largest absolute Gasteiger partial charge is 0.507 e. The number of carbonyl (C=O) groups is 2. The Kier molecular flexibility index (Phi) is 6.55. The second-order valence-corrected chi connectivity index (χ2v) is 8.35. The zero-order chi connectivity index (χ0) is 22.8. The molecule has 8 nitrogen and oxygen atoms in total. The number of ether oxygens (including phenoxy) is 1. The minimum atomic E-state index is -0.728. The number of likely N-dealkylation sites (tertiary alicyclic amines) is 1. The van der Waals surface area contributed by atoms with Crippen LogP contribution in [0.2, 0.25) is 5.02 Å². The summed E-state index contributed by atoms with van der Waals surface area (Å²) in [7, 11) is 0. The molecule has 1 atom stereocenters. The summed E-state index contributed by atoms with van der Waals surface area (Å²) in [6.07, 6.45) is 1.48. The number of benzene rings is 1. The first-order valence-corrected chi connectivity index (χ1v) is 10.9. The normalized spacial score (nSPS) is 21.3. The Hall–Kier alpha value is -2.81. The van der Waals surface area contributed by atoms with Crippen LogP contribution < -0.4 is 0 Å². The highest BCUT2D eigenvalue weighted by Gasteiger charge is 2.46. The first kappa shape index (κ1) is 22.4. The van der Waals surface area contributed by atoms with Crippen molar-refractivity contribution >= 4 is 29.1 Å². The van der Waals surface area contributed by atoms with E-state index in [2.05, 4.69) is 14.9 Å². The van der Waals surface area contributed by atoms with E-state index in [0.717, 1.165) is 13.1 Å². The van der Waals surface area contributed by atoms with Crippen LogP contribution >= 0.6 is 11.6 Å². The fourth-order valence-electron chi connectivity index (χ4n) is 4.14. The number of morpholine rings is 1. The molecule has 32 heavy (non-hydrogen) atoms. The minimum Gasteiger partial charge on any atom is -0.507 e.